The monoisotopic (exact) mass is 312 g/mol. The van der Waals surface area contributed by atoms with Crippen LogP contribution in [-0.4, -0.2) is 18.3 Å². The van der Waals surface area contributed by atoms with Crippen LogP contribution in [0.5, 0.6) is 0 Å². The highest BCUT2D eigenvalue weighted by Crippen LogP contribution is 2.32. The van der Waals surface area contributed by atoms with Gasteiger partial charge in [0.05, 0.1) is 12.9 Å². The van der Waals surface area contributed by atoms with Gasteiger partial charge in [0.2, 0.25) is 0 Å². The Morgan fingerprint density at radius 2 is 2.22 bits per heavy atom. The molecule has 1 aromatic carbocycles. The number of aliphatic hydroxyl groups is 1. The fourth-order valence-electron chi connectivity index (χ4n) is 1.96. The number of hydrogen-bond donors (Lipinski definition) is 1. The van der Waals surface area contributed by atoms with E-state index in [1.54, 1.807) is 6.26 Å². The third kappa shape index (κ3) is 2.76. The fourth-order valence-corrected chi connectivity index (χ4v) is 2.66. The van der Waals surface area contributed by atoms with Crippen molar-refractivity contribution in [2.45, 2.75) is 26.4 Å². The van der Waals surface area contributed by atoms with E-state index in [1.165, 1.54) is 5.56 Å². The van der Waals surface area contributed by atoms with Crippen molar-refractivity contribution in [1.82, 2.24) is 0 Å². The molecule has 0 bridgehead atoms. The fraction of sp³-hybridized carbons (Fsp3) is 0.429. The summed E-state index contributed by atoms with van der Waals surface area (Å²) in [5.41, 5.74) is 3.20. The molecule has 0 atom stereocenters. The van der Waals surface area contributed by atoms with Gasteiger partial charge in [-0.15, -0.1) is 0 Å². The molecule has 0 aliphatic carbocycles. The van der Waals surface area contributed by atoms with Crippen LogP contribution >= 0.6 is 15.9 Å². The minimum atomic E-state index is 0.163. The summed E-state index contributed by atoms with van der Waals surface area (Å²) in [5, 5.41) is 9.81. The molecule has 18 heavy (non-hydrogen) atoms. The standard InChI is InChI=1S/C14H17BrO3/c1-2-10-8-11(9-17-6-3-5-16)14-12(13(10)15)4-7-18-14/h4,7-8,16H,2-3,5-6,9H2,1H3. The van der Waals surface area contributed by atoms with Gasteiger partial charge in [-0.05, 0) is 46.5 Å². The molecule has 3 nitrogen and oxygen atoms in total. The Morgan fingerprint density at radius 3 is 2.94 bits per heavy atom. The molecule has 0 saturated heterocycles. The van der Waals surface area contributed by atoms with Crippen molar-refractivity contribution in [3.05, 3.63) is 34.0 Å². The van der Waals surface area contributed by atoms with Crippen LogP contribution in [0.15, 0.2) is 27.3 Å². The van der Waals surface area contributed by atoms with Crippen LogP contribution in [0.3, 0.4) is 0 Å². The molecule has 0 radical (unpaired) electrons. The number of aryl methyl sites for hydroxylation is 1. The van der Waals surface area contributed by atoms with Crippen molar-refractivity contribution in [1.29, 1.82) is 0 Å². The molecule has 2 rings (SSSR count). The molecule has 0 aliphatic heterocycles. The van der Waals surface area contributed by atoms with Crippen molar-refractivity contribution in [2.75, 3.05) is 13.2 Å². The number of ether oxygens (including phenoxy) is 1. The number of rotatable bonds is 6. The molecule has 1 heterocycles. The third-order valence-electron chi connectivity index (χ3n) is 2.91. The summed E-state index contributed by atoms with van der Waals surface area (Å²) in [6, 6.07) is 4.09. The molecule has 1 N–H and O–H groups in total. The molecule has 0 amide bonds. The second-order valence-corrected chi connectivity index (χ2v) is 4.95. The minimum absolute atomic E-state index is 0.163. The molecule has 4 heteroatoms. The van der Waals surface area contributed by atoms with Gasteiger partial charge in [0.25, 0.3) is 0 Å². The van der Waals surface area contributed by atoms with Gasteiger partial charge in [-0.1, -0.05) is 6.92 Å². The maximum absolute atomic E-state index is 8.72. The molecule has 2 aromatic rings. The van der Waals surface area contributed by atoms with Gasteiger partial charge >= 0.3 is 0 Å². The Labute approximate surface area is 115 Å². The zero-order valence-electron chi connectivity index (χ0n) is 10.4. The van der Waals surface area contributed by atoms with E-state index in [9.17, 15) is 0 Å². The van der Waals surface area contributed by atoms with E-state index in [-0.39, 0.29) is 6.61 Å². The first-order valence-corrected chi connectivity index (χ1v) is 6.93. The number of hydrogen-bond acceptors (Lipinski definition) is 3. The van der Waals surface area contributed by atoms with E-state index in [4.69, 9.17) is 14.3 Å². The normalized spacial score (nSPS) is 11.3. The number of furan rings is 1. The van der Waals surface area contributed by atoms with Gasteiger partial charge < -0.3 is 14.3 Å². The lowest BCUT2D eigenvalue weighted by molar-refractivity contribution is 0.104. The Balaban J connectivity index is 2.25. The molecule has 0 unspecified atom stereocenters. The van der Waals surface area contributed by atoms with Gasteiger partial charge in [0.15, 0.2) is 0 Å². The molecule has 0 saturated carbocycles. The van der Waals surface area contributed by atoms with E-state index in [0.717, 1.165) is 27.4 Å². The summed E-state index contributed by atoms with van der Waals surface area (Å²) in [5.74, 6) is 0. The summed E-state index contributed by atoms with van der Waals surface area (Å²) in [7, 11) is 0. The Kier molecular flexibility index (Phi) is 4.80. The second kappa shape index (κ2) is 6.36. The van der Waals surface area contributed by atoms with Crippen LogP contribution in [-0.2, 0) is 17.8 Å². The third-order valence-corrected chi connectivity index (χ3v) is 3.85. The lowest BCUT2D eigenvalue weighted by Gasteiger charge is -2.09. The van der Waals surface area contributed by atoms with Crippen LogP contribution < -0.4 is 0 Å². The van der Waals surface area contributed by atoms with Crippen LogP contribution in [0.4, 0.5) is 0 Å². The topological polar surface area (TPSA) is 42.6 Å². The highest BCUT2D eigenvalue weighted by molar-refractivity contribution is 9.10. The summed E-state index contributed by atoms with van der Waals surface area (Å²) >= 11 is 3.61. The van der Waals surface area contributed by atoms with Crippen molar-refractivity contribution < 1.29 is 14.3 Å². The van der Waals surface area contributed by atoms with Crippen molar-refractivity contribution in [3.63, 3.8) is 0 Å². The van der Waals surface area contributed by atoms with E-state index in [1.807, 2.05) is 6.07 Å². The predicted octanol–water partition coefficient (Wildman–Crippen LogP) is 3.66. The first-order valence-electron chi connectivity index (χ1n) is 6.14. The number of fused-ring (bicyclic) bond motifs is 1. The second-order valence-electron chi connectivity index (χ2n) is 4.16. The highest BCUT2D eigenvalue weighted by atomic mass is 79.9. The smallest absolute Gasteiger partial charge is 0.140 e. The lowest BCUT2D eigenvalue weighted by atomic mass is 10.1. The maximum atomic E-state index is 8.72. The average molecular weight is 313 g/mol. The molecule has 98 valence electrons. The molecule has 1 aromatic heterocycles. The van der Waals surface area contributed by atoms with E-state index in [0.29, 0.717) is 19.6 Å². The number of halogens is 1. The summed E-state index contributed by atoms with van der Waals surface area (Å²) in [6.07, 6.45) is 3.33. The summed E-state index contributed by atoms with van der Waals surface area (Å²) in [6.45, 7) is 3.37. The van der Waals surface area contributed by atoms with Gasteiger partial charge in [0.1, 0.15) is 5.58 Å². The van der Waals surface area contributed by atoms with Gasteiger partial charge in [0, 0.05) is 28.6 Å². The van der Waals surface area contributed by atoms with Crippen LogP contribution in [0.1, 0.15) is 24.5 Å². The zero-order chi connectivity index (χ0) is 13.0. The molecule has 0 spiro atoms. The molecule has 0 aliphatic rings. The zero-order valence-corrected chi connectivity index (χ0v) is 12.0. The number of aliphatic hydroxyl groups excluding tert-OH is 1. The van der Waals surface area contributed by atoms with E-state index >= 15 is 0 Å². The number of benzene rings is 1. The SMILES string of the molecule is CCc1cc(COCCCO)c2occc2c1Br. The van der Waals surface area contributed by atoms with Crippen molar-refractivity contribution in [3.8, 4) is 0 Å². The van der Waals surface area contributed by atoms with Crippen molar-refractivity contribution in [2.24, 2.45) is 0 Å². The van der Waals surface area contributed by atoms with Crippen LogP contribution in [0.2, 0.25) is 0 Å². The van der Waals surface area contributed by atoms with Crippen LogP contribution in [0, 0.1) is 0 Å². The predicted molar refractivity (Wildman–Crippen MR) is 74.7 cm³/mol. The molecular weight excluding hydrogens is 296 g/mol. The first kappa shape index (κ1) is 13.6. The van der Waals surface area contributed by atoms with E-state index < -0.39 is 0 Å². The minimum Gasteiger partial charge on any atom is -0.464 e. The van der Waals surface area contributed by atoms with E-state index in [2.05, 4.69) is 28.9 Å². The average Bonchev–Trinajstić information content (AvgIpc) is 2.87. The Bertz CT molecular complexity index is 519. The quantitative estimate of drug-likeness (QED) is 0.828. The highest BCUT2D eigenvalue weighted by Gasteiger charge is 2.12. The Morgan fingerprint density at radius 1 is 1.39 bits per heavy atom. The molecule has 0 fully saturated rings. The maximum Gasteiger partial charge on any atom is 0.140 e. The van der Waals surface area contributed by atoms with Gasteiger partial charge in [-0.2, -0.15) is 0 Å². The molecular formula is C14H17BrO3. The summed E-state index contributed by atoms with van der Waals surface area (Å²) < 4.78 is 12.2. The Hall–Kier alpha value is -0.840. The van der Waals surface area contributed by atoms with Gasteiger partial charge in [-0.25, -0.2) is 0 Å². The summed E-state index contributed by atoms with van der Waals surface area (Å²) in [4.78, 5) is 0. The van der Waals surface area contributed by atoms with Gasteiger partial charge in [-0.3, -0.25) is 0 Å². The first-order chi connectivity index (χ1) is 8.77. The van der Waals surface area contributed by atoms with Crippen LogP contribution in [0.25, 0.3) is 11.0 Å². The lowest BCUT2D eigenvalue weighted by Crippen LogP contribution is -1.99. The largest absolute Gasteiger partial charge is 0.464 e. The van der Waals surface area contributed by atoms with Crippen molar-refractivity contribution >= 4 is 26.9 Å².